The normalized spacial score (nSPS) is 34.1. The van der Waals surface area contributed by atoms with Crippen molar-refractivity contribution in [3.05, 3.63) is 40.9 Å². The molecule has 4 atom stereocenters. The first-order valence-electron chi connectivity index (χ1n) is 7.67. The highest BCUT2D eigenvalue weighted by Gasteiger charge is 2.67. The van der Waals surface area contributed by atoms with Crippen molar-refractivity contribution < 1.29 is 19.1 Å². The molecule has 0 radical (unpaired) electrons. The van der Waals surface area contributed by atoms with E-state index in [9.17, 15) is 9.59 Å². The van der Waals surface area contributed by atoms with Gasteiger partial charge in [0.05, 0.1) is 30.9 Å². The van der Waals surface area contributed by atoms with E-state index < -0.39 is 17.4 Å². The van der Waals surface area contributed by atoms with Crippen LogP contribution in [-0.2, 0) is 19.1 Å². The maximum atomic E-state index is 13.0. The maximum Gasteiger partial charge on any atom is 0.312 e. The van der Waals surface area contributed by atoms with E-state index in [4.69, 9.17) is 9.47 Å². The predicted molar refractivity (Wildman–Crippen MR) is 86.9 cm³/mol. The molecule has 0 N–H and O–H groups in total. The van der Waals surface area contributed by atoms with Gasteiger partial charge in [-0.3, -0.25) is 9.59 Å². The zero-order valence-corrected chi connectivity index (χ0v) is 14.2. The second-order valence-electron chi connectivity index (χ2n) is 6.03. The van der Waals surface area contributed by atoms with Crippen molar-refractivity contribution in [3.8, 4) is 0 Å². The Kier molecular flexibility index (Phi) is 3.35. The van der Waals surface area contributed by atoms with Crippen molar-refractivity contribution in [2.24, 2.45) is 11.8 Å². The van der Waals surface area contributed by atoms with Gasteiger partial charge in [0.15, 0.2) is 0 Å². The lowest BCUT2D eigenvalue weighted by Gasteiger charge is -2.22. The largest absolute Gasteiger partial charge is 0.466 e. The van der Waals surface area contributed by atoms with E-state index in [0.717, 1.165) is 10.2 Å². The lowest BCUT2D eigenvalue weighted by molar-refractivity contribution is -0.151. The molecule has 3 heterocycles. The lowest BCUT2D eigenvalue weighted by Crippen LogP contribution is -2.40. The van der Waals surface area contributed by atoms with Gasteiger partial charge < -0.3 is 14.4 Å². The van der Waals surface area contributed by atoms with Crippen LogP contribution in [0.4, 0.5) is 5.69 Å². The molecular weight excluding hydrogens is 362 g/mol. The number of anilines is 1. The average Bonchev–Trinajstić information content (AvgIpc) is 3.16. The first-order valence-corrected chi connectivity index (χ1v) is 8.46. The molecule has 2 bridgehead atoms. The molecule has 3 aliphatic rings. The minimum Gasteiger partial charge on any atom is -0.466 e. The Labute approximate surface area is 142 Å². The summed E-state index contributed by atoms with van der Waals surface area (Å²) < 4.78 is 12.0. The SMILES string of the molecule is CCOC(=O)[C@@H]1[C@H]2C(=O)N(c3ccccc3Br)C[C@]23C=C[C@H]1O3. The Bertz CT molecular complexity index is 718. The molecule has 6 heteroatoms. The Morgan fingerprint density at radius 1 is 1.48 bits per heavy atom. The molecule has 0 aliphatic carbocycles. The van der Waals surface area contributed by atoms with E-state index in [0.29, 0.717) is 13.2 Å². The van der Waals surface area contributed by atoms with Gasteiger partial charge >= 0.3 is 5.97 Å². The fraction of sp³-hybridized carbons (Fsp3) is 0.412. The number of esters is 1. The average molecular weight is 378 g/mol. The molecule has 1 aromatic carbocycles. The lowest BCUT2D eigenvalue weighted by atomic mass is 9.77. The van der Waals surface area contributed by atoms with Crippen LogP contribution >= 0.6 is 15.9 Å². The van der Waals surface area contributed by atoms with Crippen LogP contribution in [0.25, 0.3) is 0 Å². The molecule has 120 valence electrons. The summed E-state index contributed by atoms with van der Waals surface area (Å²) in [6, 6.07) is 7.56. The zero-order valence-electron chi connectivity index (χ0n) is 12.6. The van der Waals surface area contributed by atoms with Crippen LogP contribution < -0.4 is 4.90 Å². The van der Waals surface area contributed by atoms with Gasteiger partial charge in [-0.2, -0.15) is 0 Å². The zero-order chi connectivity index (χ0) is 16.2. The third kappa shape index (κ3) is 2.01. The molecule has 1 spiro atoms. The van der Waals surface area contributed by atoms with E-state index in [1.807, 2.05) is 36.4 Å². The van der Waals surface area contributed by atoms with Crippen LogP contribution in [-0.4, -0.2) is 36.7 Å². The van der Waals surface area contributed by atoms with Crippen molar-refractivity contribution in [2.45, 2.75) is 18.6 Å². The van der Waals surface area contributed by atoms with Crippen molar-refractivity contribution >= 4 is 33.5 Å². The van der Waals surface area contributed by atoms with Crippen molar-refractivity contribution in [2.75, 3.05) is 18.1 Å². The summed E-state index contributed by atoms with van der Waals surface area (Å²) in [5.41, 5.74) is 0.0818. The molecule has 5 nitrogen and oxygen atoms in total. The standard InChI is InChI=1S/C17H16BrNO4/c1-2-22-16(21)13-12-7-8-17(23-12)9-19(15(20)14(13)17)11-6-4-3-5-10(11)18/h3-8,12-14H,2,9H2,1H3/t12-,13+,14+,17-/m1/s1. The highest BCUT2D eigenvalue weighted by Crippen LogP contribution is 2.53. The molecule has 1 aromatic rings. The fourth-order valence-corrected chi connectivity index (χ4v) is 4.38. The Hall–Kier alpha value is -1.66. The predicted octanol–water partition coefficient (Wildman–Crippen LogP) is 2.30. The summed E-state index contributed by atoms with van der Waals surface area (Å²) >= 11 is 3.49. The highest BCUT2D eigenvalue weighted by atomic mass is 79.9. The second kappa shape index (κ2) is 5.18. The monoisotopic (exact) mass is 377 g/mol. The minimum absolute atomic E-state index is 0.0817. The summed E-state index contributed by atoms with van der Waals surface area (Å²) in [5.74, 6) is -1.50. The van der Waals surface area contributed by atoms with Gasteiger partial charge in [-0.05, 0) is 35.0 Å². The number of benzene rings is 1. The summed E-state index contributed by atoms with van der Waals surface area (Å²) in [6.07, 6.45) is 3.46. The molecule has 23 heavy (non-hydrogen) atoms. The molecule has 0 unspecified atom stereocenters. The number of halogens is 1. The summed E-state index contributed by atoms with van der Waals surface area (Å²) in [5, 5.41) is 0. The van der Waals surface area contributed by atoms with Crippen molar-refractivity contribution in [3.63, 3.8) is 0 Å². The Morgan fingerprint density at radius 2 is 2.26 bits per heavy atom. The van der Waals surface area contributed by atoms with E-state index in [1.165, 1.54) is 0 Å². The number of nitrogens with zero attached hydrogens (tertiary/aromatic N) is 1. The number of para-hydroxylation sites is 1. The second-order valence-corrected chi connectivity index (χ2v) is 6.88. The van der Waals surface area contributed by atoms with Crippen LogP contribution in [0.15, 0.2) is 40.9 Å². The third-order valence-corrected chi connectivity index (χ3v) is 5.47. The topological polar surface area (TPSA) is 55.8 Å². The smallest absolute Gasteiger partial charge is 0.312 e. The Morgan fingerprint density at radius 3 is 3.00 bits per heavy atom. The summed E-state index contributed by atoms with van der Waals surface area (Å²) in [4.78, 5) is 27.0. The Balaban J connectivity index is 1.71. The first-order chi connectivity index (χ1) is 11.1. The molecule has 0 saturated carbocycles. The van der Waals surface area contributed by atoms with Crippen molar-refractivity contribution in [1.82, 2.24) is 0 Å². The minimum atomic E-state index is -0.714. The quantitative estimate of drug-likeness (QED) is 0.598. The molecule has 2 fully saturated rings. The number of amides is 1. The van der Waals surface area contributed by atoms with Gasteiger partial charge in [-0.15, -0.1) is 0 Å². The van der Waals surface area contributed by atoms with Gasteiger partial charge in [0.1, 0.15) is 11.5 Å². The first kappa shape index (κ1) is 14.9. The van der Waals surface area contributed by atoms with Crippen LogP contribution in [0.1, 0.15) is 6.92 Å². The molecule has 1 amide bonds. The molecule has 2 saturated heterocycles. The van der Waals surface area contributed by atoms with E-state index >= 15 is 0 Å². The number of ether oxygens (including phenoxy) is 2. The van der Waals surface area contributed by atoms with E-state index in [1.54, 1.807) is 11.8 Å². The van der Waals surface area contributed by atoms with Crippen molar-refractivity contribution in [1.29, 1.82) is 0 Å². The number of fused-ring (bicyclic) bond motifs is 1. The van der Waals surface area contributed by atoms with E-state index in [-0.39, 0.29) is 18.0 Å². The number of rotatable bonds is 3. The molecular formula is C17H16BrNO4. The van der Waals surface area contributed by atoms with Gasteiger partial charge in [0.2, 0.25) is 5.91 Å². The fourth-order valence-electron chi connectivity index (χ4n) is 3.88. The van der Waals surface area contributed by atoms with Crippen LogP contribution in [0.2, 0.25) is 0 Å². The number of hydrogen-bond donors (Lipinski definition) is 0. The molecule has 3 aliphatic heterocycles. The van der Waals surface area contributed by atoms with Gasteiger partial charge in [0, 0.05) is 4.47 Å². The van der Waals surface area contributed by atoms with Crippen LogP contribution in [0.5, 0.6) is 0 Å². The third-order valence-electron chi connectivity index (χ3n) is 4.80. The van der Waals surface area contributed by atoms with Gasteiger partial charge in [-0.1, -0.05) is 24.3 Å². The summed E-state index contributed by atoms with van der Waals surface area (Å²) in [7, 11) is 0. The van der Waals surface area contributed by atoms with Gasteiger partial charge in [0.25, 0.3) is 0 Å². The molecule has 0 aromatic heterocycles. The highest BCUT2D eigenvalue weighted by molar-refractivity contribution is 9.10. The van der Waals surface area contributed by atoms with Gasteiger partial charge in [-0.25, -0.2) is 0 Å². The van der Waals surface area contributed by atoms with E-state index in [2.05, 4.69) is 15.9 Å². The maximum absolute atomic E-state index is 13.0. The summed E-state index contributed by atoms with van der Waals surface area (Å²) in [6.45, 7) is 2.48. The molecule has 4 rings (SSSR count). The number of hydrogen-bond acceptors (Lipinski definition) is 4. The van der Waals surface area contributed by atoms with Crippen LogP contribution in [0, 0.1) is 11.8 Å². The van der Waals surface area contributed by atoms with Crippen LogP contribution in [0.3, 0.4) is 0 Å². The number of carbonyl (C=O) groups is 2. The number of carbonyl (C=O) groups excluding carboxylic acids is 2.